The number of carbonyl (C=O) groups is 2. The maximum Gasteiger partial charge on any atom is 0.242 e. The summed E-state index contributed by atoms with van der Waals surface area (Å²) in [6, 6.07) is 17.2. The summed E-state index contributed by atoms with van der Waals surface area (Å²) in [5.41, 5.74) is 1.16. The van der Waals surface area contributed by atoms with Gasteiger partial charge >= 0.3 is 0 Å². The van der Waals surface area contributed by atoms with Crippen LogP contribution in [0.25, 0.3) is 0 Å². The van der Waals surface area contributed by atoms with Crippen LogP contribution >= 0.6 is 23.4 Å². The zero-order valence-corrected chi connectivity index (χ0v) is 17.9. The zero-order chi connectivity index (χ0) is 20.4. The average molecular weight is 419 g/mol. The molecule has 0 spiro atoms. The Bertz CT molecular complexity index is 753. The SMILES string of the molecule is CNC(=O)[C@H](C)N(CCc1ccccc1)C(=O)CCCSc1ccc(Cl)cc1. The van der Waals surface area contributed by atoms with E-state index in [2.05, 4.69) is 5.32 Å². The standard InChI is InChI=1S/C22H27ClN2O2S/c1-17(22(27)24-2)25(15-14-18-7-4-3-5-8-18)21(26)9-6-16-28-20-12-10-19(23)11-13-20/h3-5,7-8,10-13,17H,6,9,14-16H2,1-2H3,(H,24,27)/t17-/m0/s1. The molecule has 2 rings (SSSR count). The lowest BCUT2D eigenvalue weighted by Crippen LogP contribution is -2.48. The monoisotopic (exact) mass is 418 g/mol. The number of amides is 2. The summed E-state index contributed by atoms with van der Waals surface area (Å²) in [6.07, 6.45) is 1.92. The number of hydrogen-bond acceptors (Lipinski definition) is 3. The number of hydrogen-bond donors (Lipinski definition) is 1. The van der Waals surface area contributed by atoms with Crippen molar-refractivity contribution >= 4 is 35.2 Å². The lowest BCUT2D eigenvalue weighted by Gasteiger charge is -2.28. The predicted molar refractivity (Wildman–Crippen MR) is 117 cm³/mol. The number of rotatable bonds is 10. The van der Waals surface area contributed by atoms with E-state index in [0.29, 0.717) is 13.0 Å². The number of halogens is 1. The van der Waals surface area contributed by atoms with Gasteiger partial charge in [0.05, 0.1) is 0 Å². The van der Waals surface area contributed by atoms with Gasteiger partial charge in [0.1, 0.15) is 6.04 Å². The van der Waals surface area contributed by atoms with Gasteiger partial charge in [-0.25, -0.2) is 0 Å². The van der Waals surface area contributed by atoms with Crippen LogP contribution in [-0.2, 0) is 16.0 Å². The van der Waals surface area contributed by atoms with Gasteiger partial charge in [0, 0.05) is 29.9 Å². The van der Waals surface area contributed by atoms with E-state index in [-0.39, 0.29) is 11.8 Å². The van der Waals surface area contributed by atoms with Crippen molar-refractivity contribution in [2.24, 2.45) is 0 Å². The summed E-state index contributed by atoms with van der Waals surface area (Å²) in [4.78, 5) is 27.7. The molecule has 0 saturated heterocycles. The maximum atomic E-state index is 12.8. The van der Waals surface area contributed by atoms with Crippen molar-refractivity contribution in [1.82, 2.24) is 10.2 Å². The van der Waals surface area contributed by atoms with Crippen LogP contribution < -0.4 is 5.32 Å². The van der Waals surface area contributed by atoms with E-state index in [4.69, 9.17) is 11.6 Å². The first kappa shape index (κ1) is 22.3. The van der Waals surface area contributed by atoms with Gasteiger partial charge in [-0.15, -0.1) is 11.8 Å². The molecular weight excluding hydrogens is 392 g/mol. The van der Waals surface area contributed by atoms with E-state index in [9.17, 15) is 9.59 Å². The Labute approximate surface area is 176 Å². The van der Waals surface area contributed by atoms with Crippen molar-refractivity contribution in [2.45, 2.75) is 37.1 Å². The second-order valence-corrected chi connectivity index (χ2v) is 8.12. The molecular formula is C22H27ClN2O2S. The molecule has 28 heavy (non-hydrogen) atoms. The minimum Gasteiger partial charge on any atom is -0.357 e. The summed E-state index contributed by atoms with van der Waals surface area (Å²) >= 11 is 7.60. The molecule has 1 N–H and O–H groups in total. The van der Waals surface area contributed by atoms with Gasteiger partial charge < -0.3 is 10.2 Å². The van der Waals surface area contributed by atoms with E-state index in [1.165, 1.54) is 0 Å². The molecule has 4 nitrogen and oxygen atoms in total. The van der Waals surface area contributed by atoms with Gasteiger partial charge in [-0.1, -0.05) is 41.9 Å². The molecule has 0 aliphatic heterocycles. The van der Waals surface area contributed by atoms with E-state index < -0.39 is 6.04 Å². The van der Waals surface area contributed by atoms with Gasteiger partial charge in [-0.3, -0.25) is 9.59 Å². The molecule has 0 saturated carbocycles. The number of thioether (sulfide) groups is 1. The molecule has 6 heteroatoms. The second kappa shape index (κ2) is 11.8. The highest BCUT2D eigenvalue weighted by molar-refractivity contribution is 7.99. The van der Waals surface area contributed by atoms with Crippen LogP contribution in [0.5, 0.6) is 0 Å². The summed E-state index contributed by atoms with van der Waals surface area (Å²) < 4.78 is 0. The van der Waals surface area contributed by atoms with E-state index in [1.54, 1.807) is 30.6 Å². The number of nitrogens with zero attached hydrogens (tertiary/aromatic N) is 1. The zero-order valence-electron chi connectivity index (χ0n) is 16.4. The molecule has 2 amide bonds. The molecule has 0 aromatic heterocycles. The topological polar surface area (TPSA) is 49.4 Å². The quantitative estimate of drug-likeness (QED) is 0.459. The van der Waals surface area contributed by atoms with Crippen LogP contribution in [0.2, 0.25) is 5.02 Å². The fraction of sp³-hybridized carbons (Fsp3) is 0.364. The van der Waals surface area contributed by atoms with Gasteiger partial charge in [0.25, 0.3) is 0 Å². The number of likely N-dealkylation sites (N-methyl/N-ethyl adjacent to an activating group) is 1. The first-order chi connectivity index (χ1) is 13.5. The van der Waals surface area contributed by atoms with E-state index in [1.807, 2.05) is 54.6 Å². The minimum absolute atomic E-state index is 0.0173. The van der Waals surface area contributed by atoms with Crippen LogP contribution in [0.4, 0.5) is 0 Å². The van der Waals surface area contributed by atoms with Gasteiger partial charge in [-0.2, -0.15) is 0 Å². The number of nitrogens with one attached hydrogen (secondary N) is 1. The molecule has 0 radical (unpaired) electrons. The molecule has 0 bridgehead atoms. The summed E-state index contributed by atoms with van der Waals surface area (Å²) in [7, 11) is 1.60. The predicted octanol–water partition coefficient (Wildman–Crippen LogP) is 4.42. The summed E-state index contributed by atoms with van der Waals surface area (Å²) in [5.74, 6) is 0.717. The number of benzene rings is 2. The van der Waals surface area contributed by atoms with Gasteiger partial charge in [0.15, 0.2) is 0 Å². The van der Waals surface area contributed by atoms with Gasteiger partial charge in [-0.05, 0) is 55.3 Å². The fourth-order valence-corrected chi connectivity index (χ4v) is 3.85. The maximum absolute atomic E-state index is 12.8. The second-order valence-electron chi connectivity index (χ2n) is 6.52. The summed E-state index contributed by atoms with van der Waals surface area (Å²) in [5, 5.41) is 3.36. The summed E-state index contributed by atoms with van der Waals surface area (Å²) in [6.45, 7) is 2.31. The molecule has 0 aliphatic carbocycles. The molecule has 0 heterocycles. The third kappa shape index (κ3) is 7.21. The molecule has 2 aromatic carbocycles. The fourth-order valence-electron chi connectivity index (χ4n) is 2.87. The van der Waals surface area contributed by atoms with Crippen LogP contribution in [0.3, 0.4) is 0 Å². The van der Waals surface area contributed by atoms with Crippen molar-refractivity contribution in [3.63, 3.8) is 0 Å². The Hall–Kier alpha value is -1.98. The Kier molecular flexibility index (Phi) is 9.38. The molecule has 150 valence electrons. The van der Waals surface area contributed by atoms with E-state index in [0.717, 1.165) is 34.1 Å². The molecule has 0 fully saturated rings. The van der Waals surface area contributed by atoms with Crippen LogP contribution in [-0.4, -0.2) is 42.1 Å². The van der Waals surface area contributed by atoms with Crippen LogP contribution in [0, 0.1) is 0 Å². The van der Waals surface area contributed by atoms with Crippen molar-refractivity contribution in [3.8, 4) is 0 Å². The van der Waals surface area contributed by atoms with Crippen LogP contribution in [0.15, 0.2) is 59.5 Å². The molecule has 0 unspecified atom stereocenters. The lowest BCUT2D eigenvalue weighted by molar-refractivity contribution is -0.139. The third-order valence-corrected chi connectivity index (χ3v) is 5.87. The Balaban J connectivity index is 1.88. The Morgan fingerprint density at radius 1 is 1.11 bits per heavy atom. The van der Waals surface area contributed by atoms with Crippen molar-refractivity contribution in [1.29, 1.82) is 0 Å². The number of carbonyl (C=O) groups excluding carboxylic acids is 2. The average Bonchev–Trinajstić information content (AvgIpc) is 2.72. The van der Waals surface area contributed by atoms with Gasteiger partial charge in [0.2, 0.25) is 11.8 Å². The highest BCUT2D eigenvalue weighted by Crippen LogP contribution is 2.21. The molecule has 0 aliphatic rings. The Morgan fingerprint density at radius 3 is 2.43 bits per heavy atom. The minimum atomic E-state index is -0.481. The smallest absolute Gasteiger partial charge is 0.242 e. The largest absolute Gasteiger partial charge is 0.357 e. The van der Waals surface area contributed by atoms with E-state index >= 15 is 0 Å². The van der Waals surface area contributed by atoms with Crippen molar-refractivity contribution < 1.29 is 9.59 Å². The first-order valence-electron chi connectivity index (χ1n) is 9.44. The van der Waals surface area contributed by atoms with Crippen LogP contribution in [0.1, 0.15) is 25.3 Å². The first-order valence-corrected chi connectivity index (χ1v) is 10.8. The molecule has 2 aromatic rings. The normalized spacial score (nSPS) is 11.7. The highest BCUT2D eigenvalue weighted by Gasteiger charge is 2.24. The molecule has 1 atom stereocenters. The van der Waals surface area contributed by atoms with Crippen molar-refractivity contribution in [2.75, 3.05) is 19.3 Å². The third-order valence-electron chi connectivity index (χ3n) is 4.52. The lowest BCUT2D eigenvalue weighted by atomic mass is 10.1. The Morgan fingerprint density at radius 2 is 1.79 bits per heavy atom. The highest BCUT2D eigenvalue weighted by atomic mass is 35.5. The van der Waals surface area contributed by atoms with Crippen molar-refractivity contribution in [3.05, 3.63) is 65.2 Å².